The quantitative estimate of drug-likeness (QED) is 0.0261. The van der Waals surface area contributed by atoms with E-state index in [2.05, 4.69) is 99.8 Å². The van der Waals surface area contributed by atoms with Gasteiger partial charge in [-0.15, -0.1) is 0 Å². The van der Waals surface area contributed by atoms with E-state index in [1.54, 1.807) is 0 Å². The van der Waals surface area contributed by atoms with Gasteiger partial charge < -0.3 is 14.2 Å². The third-order valence-electron chi connectivity index (χ3n) is 13.9. The summed E-state index contributed by atoms with van der Waals surface area (Å²) in [5.41, 5.74) is 0. The van der Waals surface area contributed by atoms with Gasteiger partial charge in [-0.3, -0.25) is 14.4 Å². The molecule has 0 saturated carbocycles. The molecular weight excluding hydrogens is 925 g/mol. The van der Waals surface area contributed by atoms with Gasteiger partial charge in [-0.1, -0.05) is 305 Å². The standard InChI is InChI=1S/C69H120O6/c1-4-7-10-13-16-19-22-25-27-28-29-30-31-32-33-34-35-36-37-38-39-40-42-44-47-50-53-56-59-62-68(71)74-65-66(64-73-67(70)61-58-55-52-49-46-43-24-21-18-15-12-9-6-3)75-69(72)63-60-57-54-51-48-45-41-26-23-20-17-14-11-8-5-2/h8-9,11-12,17-18,20-21,26,41,43,46,52,55,66H,4-7,10,13-16,19,22-25,27-40,42,44-45,47-51,53-54,56-65H2,1-3H3/b11-8-,12-9-,20-17-,21-18-,41-26-,46-43-,55-52-. The molecule has 0 aromatic rings. The molecule has 0 saturated heterocycles. The number of hydrogen-bond donors (Lipinski definition) is 0. The highest BCUT2D eigenvalue weighted by molar-refractivity contribution is 5.71. The summed E-state index contributed by atoms with van der Waals surface area (Å²) in [7, 11) is 0. The number of esters is 3. The number of allylic oxidation sites excluding steroid dienone is 14. The summed E-state index contributed by atoms with van der Waals surface area (Å²) in [5, 5.41) is 0. The van der Waals surface area contributed by atoms with Gasteiger partial charge in [0, 0.05) is 19.3 Å². The lowest BCUT2D eigenvalue weighted by Crippen LogP contribution is -2.30. The van der Waals surface area contributed by atoms with E-state index in [-0.39, 0.29) is 37.5 Å². The van der Waals surface area contributed by atoms with Gasteiger partial charge in [0.05, 0.1) is 0 Å². The van der Waals surface area contributed by atoms with Crippen LogP contribution >= 0.6 is 0 Å². The van der Waals surface area contributed by atoms with E-state index >= 15 is 0 Å². The van der Waals surface area contributed by atoms with Crippen LogP contribution in [0.1, 0.15) is 316 Å². The topological polar surface area (TPSA) is 78.9 Å². The van der Waals surface area contributed by atoms with Gasteiger partial charge in [0.1, 0.15) is 13.2 Å². The van der Waals surface area contributed by atoms with Crippen molar-refractivity contribution in [2.24, 2.45) is 0 Å². The van der Waals surface area contributed by atoms with Crippen LogP contribution < -0.4 is 0 Å². The molecule has 75 heavy (non-hydrogen) atoms. The Labute approximate surface area is 465 Å². The molecule has 0 aromatic heterocycles. The third-order valence-corrected chi connectivity index (χ3v) is 13.9. The Morgan fingerprint density at radius 1 is 0.280 bits per heavy atom. The maximum atomic E-state index is 12.9. The summed E-state index contributed by atoms with van der Waals surface area (Å²) in [6.07, 6.45) is 83.5. The number of rotatable bonds is 58. The van der Waals surface area contributed by atoms with Gasteiger partial charge in [-0.2, -0.15) is 0 Å². The van der Waals surface area contributed by atoms with Crippen LogP contribution in [0.3, 0.4) is 0 Å². The van der Waals surface area contributed by atoms with Crippen LogP contribution in [0, 0.1) is 0 Å². The molecule has 0 radical (unpaired) electrons. The molecule has 0 fully saturated rings. The van der Waals surface area contributed by atoms with Crippen molar-refractivity contribution in [3.63, 3.8) is 0 Å². The van der Waals surface area contributed by atoms with Gasteiger partial charge in [-0.05, 0) is 77.0 Å². The fraction of sp³-hybridized carbons (Fsp3) is 0.754. The number of carbonyl (C=O) groups is 3. The first kappa shape index (κ1) is 71.6. The average molecular weight is 1050 g/mol. The molecule has 6 nitrogen and oxygen atoms in total. The van der Waals surface area contributed by atoms with Gasteiger partial charge >= 0.3 is 17.9 Å². The highest BCUT2D eigenvalue weighted by Gasteiger charge is 2.19. The second-order valence-corrected chi connectivity index (χ2v) is 21.3. The van der Waals surface area contributed by atoms with Crippen LogP contribution in [0.2, 0.25) is 0 Å². The van der Waals surface area contributed by atoms with E-state index in [1.165, 1.54) is 167 Å². The summed E-state index contributed by atoms with van der Waals surface area (Å²) >= 11 is 0. The molecule has 0 amide bonds. The van der Waals surface area contributed by atoms with Crippen molar-refractivity contribution in [2.75, 3.05) is 13.2 Å². The normalized spacial score (nSPS) is 12.6. The van der Waals surface area contributed by atoms with Gasteiger partial charge in [0.15, 0.2) is 6.10 Å². The lowest BCUT2D eigenvalue weighted by Gasteiger charge is -2.18. The second-order valence-electron chi connectivity index (χ2n) is 21.3. The monoisotopic (exact) mass is 1040 g/mol. The van der Waals surface area contributed by atoms with E-state index in [1.807, 2.05) is 6.08 Å². The minimum absolute atomic E-state index is 0.104. The SMILES string of the molecule is CC/C=C\C/C=C\C/C=C\C/C=C\CCC(=O)OCC(COC(=O)CCCCCCCCCCCCCCCCCCCCCCCCCCCCCCC)OC(=O)CCCCCCC/C=C\C/C=C\C/C=C\CC. The minimum atomic E-state index is -0.814. The van der Waals surface area contributed by atoms with Crippen molar-refractivity contribution >= 4 is 17.9 Å². The zero-order valence-corrected chi connectivity index (χ0v) is 49.6. The highest BCUT2D eigenvalue weighted by atomic mass is 16.6. The predicted octanol–water partition coefficient (Wildman–Crippen LogP) is 21.9. The molecule has 0 bridgehead atoms. The largest absolute Gasteiger partial charge is 0.462 e. The first-order valence-electron chi connectivity index (χ1n) is 32.1. The Balaban J connectivity index is 4.21. The maximum absolute atomic E-state index is 12.9. The Bertz CT molecular complexity index is 1430. The zero-order valence-electron chi connectivity index (χ0n) is 49.6. The molecule has 432 valence electrons. The summed E-state index contributed by atoms with van der Waals surface area (Å²) in [6.45, 7) is 6.37. The van der Waals surface area contributed by atoms with Crippen LogP contribution in [0.4, 0.5) is 0 Å². The van der Waals surface area contributed by atoms with Crippen LogP contribution in [0.25, 0.3) is 0 Å². The number of unbranched alkanes of at least 4 members (excludes halogenated alkanes) is 33. The summed E-state index contributed by atoms with van der Waals surface area (Å²) in [4.78, 5) is 38.2. The van der Waals surface area contributed by atoms with Crippen molar-refractivity contribution in [2.45, 2.75) is 322 Å². The molecule has 0 heterocycles. The fourth-order valence-electron chi connectivity index (χ4n) is 9.18. The van der Waals surface area contributed by atoms with E-state index in [4.69, 9.17) is 14.2 Å². The second kappa shape index (κ2) is 63.1. The van der Waals surface area contributed by atoms with Gasteiger partial charge in [0.25, 0.3) is 0 Å². The lowest BCUT2D eigenvalue weighted by atomic mass is 10.0. The lowest BCUT2D eigenvalue weighted by molar-refractivity contribution is -0.166. The van der Waals surface area contributed by atoms with Gasteiger partial charge in [0.2, 0.25) is 0 Å². The Morgan fingerprint density at radius 2 is 0.547 bits per heavy atom. The van der Waals surface area contributed by atoms with Gasteiger partial charge in [-0.25, -0.2) is 0 Å². The molecule has 0 aromatic carbocycles. The molecule has 1 atom stereocenters. The number of ether oxygens (including phenoxy) is 3. The van der Waals surface area contributed by atoms with Crippen molar-refractivity contribution in [3.05, 3.63) is 85.1 Å². The smallest absolute Gasteiger partial charge is 0.306 e. The molecule has 0 rings (SSSR count). The van der Waals surface area contributed by atoms with Crippen molar-refractivity contribution in [3.8, 4) is 0 Å². The van der Waals surface area contributed by atoms with E-state index < -0.39 is 6.10 Å². The summed E-state index contributed by atoms with van der Waals surface area (Å²) in [6, 6.07) is 0. The van der Waals surface area contributed by atoms with E-state index in [0.29, 0.717) is 19.3 Å². The zero-order chi connectivity index (χ0) is 54.3. The molecule has 0 aliphatic rings. The molecule has 0 spiro atoms. The van der Waals surface area contributed by atoms with Crippen molar-refractivity contribution in [1.29, 1.82) is 0 Å². The Kier molecular flexibility index (Phi) is 60.3. The number of carbonyl (C=O) groups excluding carboxylic acids is 3. The molecular formula is C69H120O6. The maximum Gasteiger partial charge on any atom is 0.306 e. The van der Waals surface area contributed by atoms with E-state index in [0.717, 1.165) is 103 Å². The first-order chi connectivity index (χ1) is 37.0. The van der Waals surface area contributed by atoms with Crippen molar-refractivity contribution < 1.29 is 28.6 Å². The van der Waals surface area contributed by atoms with Crippen LogP contribution in [-0.4, -0.2) is 37.2 Å². The summed E-state index contributed by atoms with van der Waals surface area (Å²) in [5.74, 6) is -0.996. The molecule has 6 heteroatoms. The van der Waals surface area contributed by atoms with Crippen LogP contribution in [0.15, 0.2) is 85.1 Å². The Hall–Kier alpha value is -3.41. The summed E-state index contributed by atoms with van der Waals surface area (Å²) < 4.78 is 16.8. The van der Waals surface area contributed by atoms with Crippen molar-refractivity contribution in [1.82, 2.24) is 0 Å². The molecule has 0 N–H and O–H groups in total. The first-order valence-corrected chi connectivity index (χ1v) is 32.1. The predicted molar refractivity (Wildman–Crippen MR) is 325 cm³/mol. The van der Waals surface area contributed by atoms with Crippen LogP contribution in [-0.2, 0) is 28.6 Å². The number of hydrogen-bond acceptors (Lipinski definition) is 6. The average Bonchev–Trinajstić information content (AvgIpc) is 3.41. The molecule has 0 aliphatic carbocycles. The molecule has 0 aliphatic heterocycles. The third kappa shape index (κ3) is 61.3. The molecule has 1 unspecified atom stereocenters. The Morgan fingerprint density at radius 3 is 0.893 bits per heavy atom. The van der Waals surface area contributed by atoms with E-state index in [9.17, 15) is 14.4 Å². The minimum Gasteiger partial charge on any atom is -0.462 e. The fourth-order valence-corrected chi connectivity index (χ4v) is 9.18. The highest BCUT2D eigenvalue weighted by Crippen LogP contribution is 2.18. The van der Waals surface area contributed by atoms with Crippen LogP contribution in [0.5, 0.6) is 0 Å².